The first-order valence-electron chi connectivity index (χ1n) is 6.81. The maximum Gasteiger partial charge on any atom is 0.256 e. The van der Waals surface area contributed by atoms with Crippen molar-refractivity contribution in [2.24, 2.45) is 0 Å². The molecule has 0 aliphatic carbocycles. The first-order chi connectivity index (χ1) is 8.84. The van der Waals surface area contributed by atoms with Gasteiger partial charge in [-0.2, -0.15) is 0 Å². The van der Waals surface area contributed by atoms with Crippen LogP contribution in [0.15, 0.2) is 4.52 Å². The highest BCUT2D eigenvalue weighted by Gasteiger charge is 2.18. The summed E-state index contributed by atoms with van der Waals surface area (Å²) in [6.45, 7) is 13.6. The van der Waals surface area contributed by atoms with Gasteiger partial charge in [0.15, 0.2) is 0 Å². The van der Waals surface area contributed by atoms with Crippen molar-refractivity contribution in [3.8, 4) is 0 Å². The summed E-state index contributed by atoms with van der Waals surface area (Å²) in [5.41, 5.74) is 1.19. The topological polar surface area (TPSA) is 58.4 Å². The summed E-state index contributed by atoms with van der Waals surface area (Å²) in [5.74, 6) is 0.461. The Bertz CT molecular complexity index is 397. The third-order valence-electron chi connectivity index (χ3n) is 3.24. The van der Waals surface area contributed by atoms with Crippen LogP contribution in [0.3, 0.4) is 0 Å². The van der Waals surface area contributed by atoms with Crippen LogP contribution in [0.4, 0.5) is 0 Å². The Morgan fingerprint density at radius 2 is 1.84 bits per heavy atom. The SMILES string of the molecule is Cc1noc(C)c1C(=O)NCCN(C(C)C)C(C)C. The van der Waals surface area contributed by atoms with E-state index < -0.39 is 0 Å². The van der Waals surface area contributed by atoms with E-state index >= 15 is 0 Å². The van der Waals surface area contributed by atoms with Crippen molar-refractivity contribution in [2.75, 3.05) is 13.1 Å². The van der Waals surface area contributed by atoms with Gasteiger partial charge in [-0.05, 0) is 41.5 Å². The second-order valence-corrected chi connectivity index (χ2v) is 5.38. The molecule has 0 fully saturated rings. The van der Waals surface area contributed by atoms with Gasteiger partial charge in [0.25, 0.3) is 5.91 Å². The van der Waals surface area contributed by atoms with Crippen LogP contribution < -0.4 is 5.32 Å². The maximum atomic E-state index is 12.0. The third kappa shape index (κ3) is 4.06. The fourth-order valence-electron chi connectivity index (χ4n) is 2.31. The van der Waals surface area contributed by atoms with Crippen molar-refractivity contribution in [3.63, 3.8) is 0 Å². The van der Waals surface area contributed by atoms with Gasteiger partial charge in [0.2, 0.25) is 0 Å². The Hall–Kier alpha value is -1.36. The lowest BCUT2D eigenvalue weighted by Crippen LogP contribution is -2.42. The van der Waals surface area contributed by atoms with E-state index in [-0.39, 0.29) is 5.91 Å². The smallest absolute Gasteiger partial charge is 0.256 e. The number of amides is 1. The van der Waals surface area contributed by atoms with Crippen molar-refractivity contribution in [3.05, 3.63) is 17.0 Å². The zero-order chi connectivity index (χ0) is 14.6. The van der Waals surface area contributed by atoms with Gasteiger partial charge in [-0.15, -0.1) is 0 Å². The highest BCUT2D eigenvalue weighted by atomic mass is 16.5. The van der Waals surface area contributed by atoms with Gasteiger partial charge in [-0.1, -0.05) is 5.16 Å². The van der Waals surface area contributed by atoms with E-state index in [1.165, 1.54) is 0 Å². The number of carbonyl (C=O) groups is 1. The summed E-state index contributed by atoms with van der Waals surface area (Å²) in [5, 5.41) is 6.72. The predicted molar refractivity (Wildman–Crippen MR) is 75.3 cm³/mol. The number of hydrogen-bond donors (Lipinski definition) is 1. The maximum absolute atomic E-state index is 12.0. The van der Waals surface area contributed by atoms with Crippen molar-refractivity contribution < 1.29 is 9.32 Å². The summed E-state index contributed by atoms with van der Waals surface area (Å²) in [6, 6.07) is 0.937. The molecule has 0 aromatic carbocycles. The summed E-state index contributed by atoms with van der Waals surface area (Å²) in [6.07, 6.45) is 0. The zero-order valence-electron chi connectivity index (χ0n) is 12.8. The van der Waals surface area contributed by atoms with Crippen LogP contribution in [0, 0.1) is 13.8 Å². The fourth-order valence-corrected chi connectivity index (χ4v) is 2.31. The Morgan fingerprint density at radius 1 is 1.26 bits per heavy atom. The molecule has 19 heavy (non-hydrogen) atoms. The summed E-state index contributed by atoms with van der Waals surface area (Å²) in [4.78, 5) is 14.4. The molecule has 0 spiro atoms. The molecule has 1 amide bonds. The van der Waals surface area contributed by atoms with Crippen LogP contribution >= 0.6 is 0 Å². The lowest BCUT2D eigenvalue weighted by atomic mass is 10.2. The molecule has 0 saturated heterocycles. The quantitative estimate of drug-likeness (QED) is 0.858. The lowest BCUT2D eigenvalue weighted by molar-refractivity contribution is 0.0937. The van der Waals surface area contributed by atoms with Gasteiger partial charge in [0, 0.05) is 25.2 Å². The number of aryl methyl sites for hydroxylation is 2. The first-order valence-corrected chi connectivity index (χ1v) is 6.81. The van der Waals surface area contributed by atoms with Gasteiger partial charge < -0.3 is 9.84 Å². The predicted octanol–water partition coefficient (Wildman–Crippen LogP) is 2.14. The van der Waals surface area contributed by atoms with Crippen LogP contribution in [-0.4, -0.2) is 41.1 Å². The molecule has 0 saturated carbocycles. The van der Waals surface area contributed by atoms with Crippen molar-refractivity contribution >= 4 is 5.91 Å². The number of aromatic nitrogens is 1. The number of carbonyl (C=O) groups excluding carboxylic acids is 1. The minimum Gasteiger partial charge on any atom is -0.361 e. The molecule has 0 aliphatic rings. The van der Waals surface area contributed by atoms with Crippen molar-refractivity contribution in [2.45, 2.75) is 53.6 Å². The summed E-state index contributed by atoms with van der Waals surface area (Å²) in [7, 11) is 0. The number of hydrogen-bond acceptors (Lipinski definition) is 4. The molecular weight excluding hydrogens is 242 g/mol. The first kappa shape index (κ1) is 15.7. The minimum absolute atomic E-state index is 0.108. The van der Waals surface area contributed by atoms with E-state index in [2.05, 4.69) is 43.1 Å². The largest absolute Gasteiger partial charge is 0.361 e. The monoisotopic (exact) mass is 267 g/mol. The van der Waals surface area contributed by atoms with E-state index in [1.807, 2.05) is 0 Å². The average Bonchev–Trinajstić information content (AvgIpc) is 2.63. The molecule has 1 N–H and O–H groups in total. The Kier molecular flexibility index (Phi) is 5.54. The van der Waals surface area contributed by atoms with Gasteiger partial charge in [-0.25, -0.2) is 0 Å². The van der Waals surface area contributed by atoms with Crippen molar-refractivity contribution in [1.82, 2.24) is 15.4 Å². The Balaban J connectivity index is 2.52. The second kappa shape index (κ2) is 6.70. The fraction of sp³-hybridized carbons (Fsp3) is 0.714. The molecule has 1 rings (SSSR count). The van der Waals surface area contributed by atoms with Crippen molar-refractivity contribution in [1.29, 1.82) is 0 Å². The minimum atomic E-state index is -0.108. The third-order valence-corrected chi connectivity index (χ3v) is 3.24. The molecule has 1 aromatic heterocycles. The van der Waals surface area contributed by atoms with Gasteiger partial charge in [0.05, 0.1) is 5.69 Å². The Labute approximate surface area is 115 Å². The molecule has 5 heteroatoms. The molecule has 108 valence electrons. The zero-order valence-corrected chi connectivity index (χ0v) is 12.8. The second-order valence-electron chi connectivity index (χ2n) is 5.38. The van der Waals surface area contributed by atoms with E-state index in [0.717, 1.165) is 6.54 Å². The molecule has 0 radical (unpaired) electrons. The molecule has 0 bridgehead atoms. The van der Waals surface area contributed by atoms with Crippen LogP contribution in [-0.2, 0) is 0 Å². The molecule has 5 nitrogen and oxygen atoms in total. The standard InChI is InChI=1S/C14H25N3O2/c1-9(2)17(10(3)4)8-7-15-14(18)13-11(5)16-19-12(13)6/h9-10H,7-8H2,1-6H3,(H,15,18). The van der Waals surface area contributed by atoms with Gasteiger partial charge >= 0.3 is 0 Å². The van der Waals surface area contributed by atoms with E-state index in [9.17, 15) is 4.79 Å². The summed E-state index contributed by atoms with van der Waals surface area (Å²) >= 11 is 0. The van der Waals surface area contributed by atoms with E-state index in [0.29, 0.717) is 35.6 Å². The number of nitrogens with one attached hydrogen (secondary N) is 1. The van der Waals surface area contributed by atoms with Crippen LogP contribution in [0.2, 0.25) is 0 Å². The molecule has 0 atom stereocenters. The average molecular weight is 267 g/mol. The number of rotatable bonds is 6. The highest BCUT2D eigenvalue weighted by Crippen LogP contribution is 2.11. The molecule has 0 unspecified atom stereocenters. The van der Waals surface area contributed by atoms with Crippen LogP contribution in [0.1, 0.15) is 49.5 Å². The van der Waals surface area contributed by atoms with Gasteiger partial charge in [-0.3, -0.25) is 9.69 Å². The Morgan fingerprint density at radius 3 is 2.26 bits per heavy atom. The molecule has 0 aliphatic heterocycles. The summed E-state index contributed by atoms with van der Waals surface area (Å²) < 4.78 is 5.00. The van der Waals surface area contributed by atoms with E-state index in [4.69, 9.17) is 4.52 Å². The highest BCUT2D eigenvalue weighted by molar-refractivity contribution is 5.96. The lowest BCUT2D eigenvalue weighted by Gasteiger charge is -2.30. The van der Waals surface area contributed by atoms with E-state index in [1.54, 1.807) is 13.8 Å². The normalized spacial score (nSPS) is 11.6. The molecular formula is C14H25N3O2. The van der Waals surface area contributed by atoms with Crippen LogP contribution in [0.25, 0.3) is 0 Å². The van der Waals surface area contributed by atoms with Crippen LogP contribution in [0.5, 0.6) is 0 Å². The number of nitrogens with zero attached hydrogens (tertiary/aromatic N) is 2. The molecule has 1 aromatic rings. The van der Waals surface area contributed by atoms with Gasteiger partial charge in [0.1, 0.15) is 11.3 Å². The molecule has 1 heterocycles.